The maximum absolute atomic E-state index is 6.16. The van der Waals surface area contributed by atoms with E-state index in [4.69, 9.17) is 4.74 Å². The minimum Gasteiger partial charge on any atom is -0.378 e. The zero-order chi connectivity index (χ0) is 18.6. The van der Waals surface area contributed by atoms with E-state index in [1.807, 2.05) is 0 Å². The van der Waals surface area contributed by atoms with Crippen LogP contribution in [0.2, 0.25) is 0 Å². The first-order valence-corrected chi connectivity index (χ1v) is 12.0. The molecule has 3 aliphatic carbocycles. The van der Waals surface area contributed by atoms with E-state index in [0.29, 0.717) is 6.10 Å². The van der Waals surface area contributed by atoms with Gasteiger partial charge in [-0.1, -0.05) is 44.9 Å². The molecule has 0 aliphatic heterocycles. The predicted molar refractivity (Wildman–Crippen MR) is 114 cm³/mol. The Morgan fingerprint density at radius 2 is 1.78 bits per heavy atom. The molecular weight excluding hydrogens is 328 g/mol. The minimum atomic E-state index is 0.560. The van der Waals surface area contributed by atoms with Crippen molar-refractivity contribution in [3.05, 3.63) is 34.9 Å². The Morgan fingerprint density at radius 3 is 2.63 bits per heavy atom. The molecule has 150 valence electrons. The number of unbranched alkanes of at least 4 members (excludes halogenated alkanes) is 1. The molecule has 0 saturated heterocycles. The van der Waals surface area contributed by atoms with E-state index >= 15 is 0 Å². The lowest BCUT2D eigenvalue weighted by Gasteiger charge is -2.42. The Labute approximate surface area is 167 Å². The van der Waals surface area contributed by atoms with E-state index in [1.165, 1.54) is 77.0 Å². The summed E-state index contributed by atoms with van der Waals surface area (Å²) >= 11 is 0. The summed E-state index contributed by atoms with van der Waals surface area (Å²) in [6.07, 6.45) is 16.7. The monoisotopic (exact) mass is 368 g/mol. The lowest BCUT2D eigenvalue weighted by atomic mass is 9.65. The van der Waals surface area contributed by atoms with E-state index in [9.17, 15) is 0 Å². The van der Waals surface area contributed by atoms with Crippen LogP contribution in [0.15, 0.2) is 18.2 Å². The third-order valence-corrected chi connectivity index (χ3v) is 8.03. The van der Waals surface area contributed by atoms with Crippen LogP contribution in [0.25, 0.3) is 0 Å². The van der Waals surface area contributed by atoms with Crippen LogP contribution >= 0.6 is 0 Å². The highest BCUT2D eigenvalue weighted by Gasteiger charge is 2.36. The highest BCUT2D eigenvalue weighted by atomic mass is 16.5. The molecule has 0 heterocycles. The number of hydrogen-bond acceptors (Lipinski definition) is 1. The van der Waals surface area contributed by atoms with Gasteiger partial charge in [-0.05, 0) is 105 Å². The molecule has 0 amide bonds. The molecule has 4 rings (SSSR count). The van der Waals surface area contributed by atoms with Crippen molar-refractivity contribution in [2.45, 2.75) is 103 Å². The fraction of sp³-hybridized carbons (Fsp3) is 0.769. The molecule has 27 heavy (non-hydrogen) atoms. The molecule has 2 fully saturated rings. The summed E-state index contributed by atoms with van der Waals surface area (Å²) in [6.45, 7) is 5.59. The zero-order valence-electron chi connectivity index (χ0n) is 17.7. The summed E-state index contributed by atoms with van der Waals surface area (Å²) in [7, 11) is 0. The van der Waals surface area contributed by atoms with Crippen LogP contribution in [-0.4, -0.2) is 12.7 Å². The normalized spacial score (nSPS) is 33.3. The van der Waals surface area contributed by atoms with Crippen LogP contribution < -0.4 is 0 Å². The maximum atomic E-state index is 6.16. The molecule has 0 spiro atoms. The van der Waals surface area contributed by atoms with Gasteiger partial charge in [-0.3, -0.25) is 0 Å². The summed E-state index contributed by atoms with van der Waals surface area (Å²) in [5.41, 5.74) is 4.98. The molecule has 3 aliphatic rings. The molecule has 5 atom stereocenters. The standard InChI is InChI=1S/C26H40O/c1-3-5-14-27-26-13-12-24-17-23(10-11-25(24)18-26)22-9-8-20-15-19(4-2)6-7-21(20)16-22/h8-9,16,19,23-26H,3-7,10-15,17-18H2,1-2H3. The van der Waals surface area contributed by atoms with Crippen molar-refractivity contribution in [3.8, 4) is 0 Å². The van der Waals surface area contributed by atoms with Crippen molar-refractivity contribution in [1.29, 1.82) is 0 Å². The van der Waals surface area contributed by atoms with Crippen molar-refractivity contribution in [2.75, 3.05) is 6.61 Å². The number of rotatable bonds is 6. The Bertz CT molecular complexity index is 606. The number of fused-ring (bicyclic) bond motifs is 2. The first-order chi connectivity index (χ1) is 13.3. The lowest BCUT2D eigenvalue weighted by molar-refractivity contribution is -0.0159. The quantitative estimate of drug-likeness (QED) is 0.488. The van der Waals surface area contributed by atoms with Gasteiger partial charge in [0.15, 0.2) is 0 Å². The second kappa shape index (κ2) is 9.12. The fourth-order valence-corrected chi connectivity index (χ4v) is 6.15. The fourth-order valence-electron chi connectivity index (χ4n) is 6.15. The third kappa shape index (κ3) is 4.61. The number of benzene rings is 1. The van der Waals surface area contributed by atoms with Crippen LogP contribution in [0.5, 0.6) is 0 Å². The van der Waals surface area contributed by atoms with Gasteiger partial charge in [-0.15, -0.1) is 0 Å². The average Bonchev–Trinajstić information content (AvgIpc) is 2.72. The molecule has 1 heteroatoms. The third-order valence-electron chi connectivity index (χ3n) is 8.03. The molecule has 1 nitrogen and oxygen atoms in total. The number of aryl methyl sites for hydroxylation is 1. The van der Waals surface area contributed by atoms with Crippen molar-refractivity contribution < 1.29 is 4.74 Å². The Balaban J connectivity index is 1.34. The van der Waals surface area contributed by atoms with Gasteiger partial charge in [0, 0.05) is 6.61 Å². The van der Waals surface area contributed by atoms with E-state index in [-0.39, 0.29) is 0 Å². The summed E-state index contributed by atoms with van der Waals surface area (Å²) in [5.74, 6) is 3.63. The summed E-state index contributed by atoms with van der Waals surface area (Å²) in [5, 5.41) is 0. The molecule has 1 aromatic rings. The molecule has 0 aromatic heterocycles. The van der Waals surface area contributed by atoms with Crippen LogP contribution in [0.3, 0.4) is 0 Å². The number of ether oxygens (including phenoxy) is 1. The molecular formula is C26H40O. The first-order valence-electron chi connectivity index (χ1n) is 12.0. The first kappa shape index (κ1) is 19.5. The SMILES string of the molecule is CCCCOC1CCC2CC(c3ccc4c(c3)CCC(CC)C4)CCC2C1. The summed E-state index contributed by atoms with van der Waals surface area (Å²) < 4.78 is 6.16. The van der Waals surface area contributed by atoms with E-state index in [2.05, 4.69) is 32.0 Å². The van der Waals surface area contributed by atoms with Gasteiger partial charge in [0.25, 0.3) is 0 Å². The van der Waals surface area contributed by atoms with Gasteiger partial charge < -0.3 is 4.74 Å². The minimum absolute atomic E-state index is 0.560. The Morgan fingerprint density at radius 1 is 0.926 bits per heavy atom. The van der Waals surface area contributed by atoms with E-state index < -0.39 is 0 Å². The van der Waals surface area contributed by atoms with Gasteiger partial charge in [-0.25, -0.2) is 0 Å². The molecule has 2 saturated carbocycles. The van der Waals surface area contributed by atoms with Crippen LogP contribution in [0, 0.1) is 17.8 Å². The molecule has 0 N–H and O–H groups in total. The largest absolute Gasteiger partial charge is 0.378 e. The summed E-state index contributed by atoms with van der Waals surface area (Å²) in [4.78, 5) is 0. The van der Waals surface area contributed by atoms with Crippen LogP contribution in [0.4, 0.5) is 0 Å². The molecule has 1 aromatic carbocycles. The number of hydrogen-bond donors (Lipinski definition) is 0. The second-order valence-corrected chi connectivity index (χ2v) is 9.73. The van der Waals surface area contributed by atoms with Gasteiger partial charge in [0.2, 0.25) is 0 Å². The van der Waals surface area contributed by atoms with Crippen LogP contribution in [0.1, 0.15) is 101 Å². The highest BCUT2D eigenvalue weighted by Crippen LogP contribution is 2.47. The van der Waals surface area contributed by atoms with Crippen molar-refractivity contribution in [2.24, 2.45) is 17.8 Å². The topological polar surface area (TPSA) is 9.23 Å². The zero-order valence-corrected chi connectivity index (χ0v) is 17.7. The van der Waals surface area contributed by atoms with Gasteiger partial charge in [0.1, 0.15) is 0 Å². The van der Waals surface area contributed by atoms with E-state index in [0.717, 1.165) is 30.3 Å². The van der Waals surface area contributed by atoms with Crippen molar-refractivity contribution in [3.63, 3.8) is 0 Å². The molecule has 5 unspecified atom stereocenters. The average molecular weight is 369 g/mol. The predicted octanol–water partition coefficient (Wildman–Crippen LogP) is 7.07. The van der Waals surface area contributed by atoms with Gasteiger partial charge >= 0.3 is 0 Å². The van der Waals surface area contributed by atoms with Gasteiger partial charge in [0.05, 0.1) is 6.10 Å². The maximum Gasteiger partial charge on any atom is 0.0578 e. The second-order valence-electron chi connectivity index (χ2n) is 9.73. The smallest absolute Gasteiger partial charge is 0.0578 e. The van der Waals surface area contributed by atoms with Crippen molar-refractivity contribution in [1.82, 2.24) is 0 Å². The molecule has 0 bridgehead atoms. The Hall–Kier alpha value is -0.820. The van der Waals surface area contributed by atoms with Crippen LogP contribution in [-0.2, 0) is 17.6 Å². The Kier molecular flexibility index (Phi) is 6.58. The van der Waals surface area contributed by atoms with Gasteiger partial charge in [-0.2, -0.15) is 0 Å². The summed E-state index contributed by atoms with van der Waals surface area (Å²) in [6, 6.07) is 7.57. The highest BCUT2D eigenvalue weighted by molar-refractivity contribution is 5.36. The molecule has 0 radical (unpaired) electrons. The van der Waals surface area contributed by atoms with E-state index in [1.54, 1.807) is 16.7 Å². The van der Waals surface area contributed by atoms with Crippen molar-refractivity contribution >= 4 is 0 Å². The lowest BCUT2D eigenvalue weighted by Crippen LogP contribution is -2.34.